The standard InChI is InChI=1S/C11H16O3/c1-4-7-9(8-5-2)10(12)11(13)14-6-3/h4-5,7-8,10,12H,1,6H2,2-3H3/b8-5-,9-7+. The van der Waals surface area contributed by atoms with Crippen LogP contribution >= 0.6 is 0 Å². The van der Waals surface area contributed by atoms with Crippen LogP contribution in [0.15, 0.2) is 36.5 Å². The molecular formula is C11H16O3. The highest BCUT2D eigenvalue weighted by Crippen LogP contribution is 2.06. The lowest BCUT2D eigenvalue weighted by Gasteiger charge is -2.09. The largest absolute Gasteiger partial charge is 0.464 e. The van der Waals surface area contributed by atoms with Gasteiger partial charge < -0.3 is 9.84 Å². The van der Waals surface area contributed by atoms with Gasteiger partial charge in [-0.15, -0.1) is 0 Å². The highest BCUT2D eigenvalue weighted by Gasteiger charge is 2.18. The van der Waals surface area contributed by atoms with Gasteiger partial charge in [0.15, 0.2) is 6.10 Å². The van der Waals surface area contributed by atoms with Gasteiger partial charge in [0, 0.05) is 0 Å². The Labute approximate surface area is 84.4 Å². The van der Waals surface area contributed by atoms with E-state index in [2.05, 4.69) is 11.3 Å². The van der Waals surface area contributed by atoms with Crippen LogP contribution in [-0.4, -0.2) is 23.8 Å². The fourth-order valence-corrected chi connectivity index (χ4v) is 0.924. The zero-order chi connectivity index (χ0) is 11.0. The number of carbonyl (C=O) groups is 1. The van der Waals surface area contributed by atoms with E-state index in [9.17, 15) is 9.90 Å². The van der Waals surface area contributed by atoms with E-state index in [0.717, 1.165) is 0 Å². The van der Waals surface area contributed by atoms with Gasteiger partial charge in [-0.25, -0.2) is 4.79 Å². The number of carbonyl (C=O) groups excluding carboxylic acids is 1. The average Bonchev–Trinajstić information content (AvgIpc) is 2.17. The highest BCUT2D eigenvalue weighted by molar-refractivity contribution is 5.79. The summed E-state index contributed by atoms with van der Waals surface area (Å²) in [5, 5.41) is 9.53. The topological polar surface area (TPSA) is 46.5 Å². The summed E-state index contributed by atoms with van der Waals surface area (Å²) in [7, 11) is 0. The van der Waals surface area contributed by atoms with E-state index in [1.807, 2.05) is 0 Å². The number of hydrogen-bond donors (Lipinski definition) is 1. The fraction of sp³-hybridized carbons (Fsp3) is 0.364. The molecule has 0 aromatic heterocycles. The van der Waals surface area contributed by atoms with Crippen LogP contribution < -0.4 is 0 Å². The molecule has 0 aromatic rings. The summed E-state index contributed by atoms with van der Waals surface area (Å²) in [6.45, 7) is 7.25. The predicted molar refractivity (Wildman–Crippen MR) is 55.7 cm³/mol. The van der Waals surface area contributed by atoms with Crippen LogP contribution in [0.4, 0.5) is 0 Å². The fourth-order valence-electron chi connectivity index (χ4n) is 0.924. The van der Waals surface area contributed by atoms with Crippen molar-refractivity contribution in [2.45, 2.75) is 20.0 Å². The van der Waals surface area contributed by atoms with Crippen molar-refractivity contribution in [1.29, 1.82) is 0 Å². The molecule has 0 rings (SSSR count). The Morgan fingerprint density at radius 1 is 1.64 bits per heavy atom. The third-order valence-corrected chi connectivity index (χ3v) is 1.50. The zero-order valence-electron chi connectivity index (χ0n) is 8.56. The molecule has 3 nitrogen and oxygen atoms in total. The molecule has 0 aromatic carbocycles. The van der Waals surface area contributed by atoms with Crippen molar-refractivity contribution in [3.8, 4) is 0 Å². The summed E-state index contributed by atoms with van der Waals surface area (Å²) in [5.41, 5.74) is 0.473. The van der Waals surface area contributed by atoms with Crippen LogP contribution in [0.25, 0.3) is 0 Å². The van der Waals surface area contributed by atoms with E-state index in [1.165, 1.54) is 6.08 Å². The lowest BCUT2D eigenvalue weighted by molar-refractivity contribution is -0.150. The highest BCUT2D eigenvalue weighted by atomic mass is 16.5. The molecule has 0 bridgehead atoms. The van der Waals surface area contributed by atoms with E-state index < -0.39 is 12.1 Å². The van der Waals surface area contributed by atoms with Crippen molar-refractivity contribution in [1.82, 2.24) is 0 Å². The van der Waals surface area contributed by atoms with Crippen molar-refractivity contribution < 1.29 is 14.6 Å². The molecule has 3 heteroatoms. The average molecular weight is 196 g/mol. The van der Waals surface area contributed by atoms with Gasteiger partial charge in [0.1, 0.15) is 0 Å². The summed E-state index contributed by atoms with van der Waals surface area (Å²) < 4.78 is 4.68. The van der Waals surface area contributed by atoms with E-state index in [1.54, 1.807) is 32.1 Å². The number of allylic oxidation sites excluding steroid dienone is 3. The molecule has 0 spiro atoms. The second-order valence-electron chi connectivity index (χ2n) is 2.56. The molecule has 1 N–H and O–H groups in total. The third-order valence-electron chi connectivity index (χ3n) is 1.50. The van der Waals surface area contributed by atoms with Crippen LogP contribution in [0, 0.1) is 0 Å². The van der Waals surface area contributed by atoms with Gasteiger partial charge in [-0.2, -0.15) is 0 Å². The van der Waals surface area contributed by atoms with Gasteiger partial charge >= 0.3 is 5.97 Å². The molecule has 0 radical (unpaired) electrons. The van der Waals surface area contributed by atoms with E-state index in [-0.39, 0.29) is 6.61 Å². The Morgan fingerprint density at radius 2 is 2.29 bits per heavy atom. The van der Waals surface area contributed by atoms with Crippen molar-refractivity contribution >= 4 is 5.97 Å². The molecule has 0 saturated carbocycles. The first-order valence-electron chi connectivity index (χ1n) is 4.47. The zero-order valence-corrected chi connectivity index (χ0v) is 8.56. The molecular weight excluding hydrogens is 180 g/mol. The Kier molecular flexibility index (Phi) is 6.41. The summed E-state index contributed by atoms with van der Waals surface area (Å²) >= 11 is 0. The maximum absolute atomic E-state index is 11.2. The lowest BCUT2D eigenvalue weighted by Crippen LogP contribution is -2.24. The molecule has 78 valence electrons. The van der Waals surface area contributed by atoms with Crippen LogP contribution in [-0.2, 0) is 9.53 Å². The monoisotopic (exact) mass is 196 g/mol. The van der Waals surface area contributed by atoms with Crippen LogP contribution in [0.3, 0.4) is 0 Å². The number of esters is 1. The van der Waals surface area contributed by atoms with Crippen LogP contribution in [0.1, 0.15) is 13.8 Å². The van der Waals surface area contributed by atoms with Crippen molar-refractivity contribution in [2.24, 2.45) is 0 Å². The Bertz CT molecular complexity index is 251. The minimum Gasteiger partial charge on any atom is -0.464 e. The van der Waals surface area contributed by atoms with Gasteiger partial charge in [0.25, 0.3) is 0 Å². The first-order chi connectivity index (χ1) is 6.67. The predicted octanol–water partition coefficient (Wildman–Crippen LogP) is 1.60. The molecule has 0 amide bonds. The quantitative estimate of drug-likeness (QED) is 0.536. The molecule has 0 aliphatic heterocycles. The molecule has 1 unspecified atom stereocenters. The third kappa shape index (κ3) is 4.05. The minimum absolute atomic E-state index is 0.257. The van der Waals surface area contributed by atoms with Crippen LogP contribution in [0.2, 0.25) is 0 Å². The Hall–Kier alpha value is -1.35. The van der Waals surface area contributed by atoms with E-state index in [4.69, 9.17) is 0 Å². The van der Waals surface area contributed by atoms with Crippen molar-refractivity contribution in [3.05, 3.63) is 36.5 Å². The van der Waals surface area contributed by atoms with Crippen LogP contribution in [0.5, 0.6) is 0 Å². The normalized spacial score (nSPS) is 14.1. The van der Waals surface area contributed by atoms with E-state index in [0.29, 0.717) is 5.57 Å². The smallest absolute Gasteiger partial charge is 0.339 e. The second kappa shape index (κ2) is 7.09. The van der Waals surface area contributed by atoms with E-state index >= 15 is 0 Å². The molecule has 0 fully saturated rings. The van der Waals surface area contributed by atoms with Gasteiger partial charge in [0.2, 0.25) is 0 Å². The molecule has 0 aliphatic rings. The summed E-state index contributed by atoms with van der Waals surface area (Å²) in [6, 6.07) is 0. The molecule has 0 heterocycles. The molecule has 14 heavy (non-hydrogen) atoms. The summed E-state index contributed by atoms with van der Waals surface area (Å²) in [5.74, 6) is -0.640. The number of hydrogen-bond acceptors (Lipinski definition) is 3. The van der Waals surface area contributed by atoms with Gasteiger partial charge in [-0.05, 0) is 19.4 Å². The first-order valence-corrected chi connectivity index (χ1v) is 4.47. The minimum atomic E-state index is -1.23. The lowest BCUT2D eigenvalue weighted by atomic mass is 10.1. The van der Waals surface area contributed by atoms with Crippen molar-refractivity contribution in [2.75, 3.05) is 6.61 Å². The number of ether oxygens (including phenoxy) is 1. The van der Waals surface area contributed by atoms with Gasteiger partial charge in [-0.3, -0.25) is 0 Å². The summed E-state index contributed by atoms with van der Waals surface area (Å²) in [4.78, 5) is 11.2. The number of rotatable bonds is 5. The van der Waals surface area contributed by atoms with Gasteiger partial charge in [-0.1, -0.05) is 30.9 Å². The molecule has 0 aliphatic carbocycles. The maximum Gasteiger partial charge on any atom is 0.339 e. The summed E-state index contributed by atoms with van der Waals surface area (Å²) in [6.07, 6.45) is 5.23. The Balaban J connectivity index is 4.59. The SMILES string of the molecule is C=C/C=C(\C=C/C)C(O)C(=O)OCC. The second-order valence-corrected chi connectivity index (χ2v) is 2.56. The number of aliphatic hydroxyl groups is 1. The van der Waals surface area contributed by atoms with Gasteiger partial charge in [0.05, 0.1) is 6.61 Å². The first kappa shape index (κ1) is 12.7. The number of aliphatic hydroxyl groups excluding tert-OH is 1. The van der Waals surface area contributed by atoms with Crippen molar-refractivity contribution in [3.63, 3.8) is 0 Å². The Morgan fingerprint density at radius 3 is 2.71 bits per heavy atom. The molecule has 0 saturated heterocycles. The molecule has 1 atom stereocenters. The maximum atomic E-state index is 11.2.